The first-order valence-corrected chi connectivity index (χ1v) is 7.73. The molecule has 112 valence electrons. The monoisotopic (exact) mass is 362 g/mol. The minimum absolute atomic E-state index is 0. The van der Waals surface area contributed by atoms with Crippen LogP contribution in [0.4, 0.5) is 0 Å². The summed E-state index contributed by atoms with van der Waals surface area (Å²) < 4.78 is 5.96. The first-order chi connectivity index (χ1) is 9.19. The lowest BCUT2D eigenvalue weighted by Gasteiger charge is -2.44. The van der Waals surface area contributed by atoms with Crippen molar-refractivity contribution in [3.63, 3.8) is 0 Å². The van der Waals surface area contributed by atoms with Gasteiger partial charge in [0.1, 0.15) is 0 Å². The summed E-state index contributed by atoms with van der Waals surface area (Å²) >= 11 is 3.24. The Labute approximate surface area is 133 Å². The van der Waals surface area contributed by atoms with Gasteiger partial charge in [0.25, 0.3) is 5.91 Å². The second kappa shape index (κ2) is 6.50. The summed E-state index contributed by atoms with van der Waals surface area (Å²) in [5.41, 5.74) is 0.478. The standard InChI is InChI=1S/C14H19BrN2O2.ClH/c15-12-2-1-11(19-12)13(18)17-9-5-14(6-10-17)3-7-16-8-4-14;/h1-2,16H,3-10H2;1H. The smallest absolute Gasteiger partial charge is 0.289 e. The average molecular weight is 364 g/mol. The summed E-state index contributed by atoms with van der Waals surface area (Å²) in [6.45, 7) is 3.96. The Kier molecular flexibility index (Phi) is 5.15. The Balaban J connectivity index is 0.00000147. The molecule has 2 aliphatic heterocycles. The van der Waals surface area contributed by atoms with Crippen LogP contribution in [0.3, 0.4) is 0 Å². The quantitative estimate of drug-likeness (QED) is 0.834. The van der Waals surface area contributed by atoms with Crippen molar-refractivity contribution in [1.29, 1.82) is 0 Å². The number of nitrogens with zero attached hydrogens (tertiary/aromatic N) is 1. The van der Waals surface area contributed by atoms with Crippen molar-refractivity contribution < 1.29 is 9.21 Å². The summed E-state index contributed by atoms with van der Waals surface area (Å²) in [4.78, 5) is 14.2. The number of carbonyl (C=O) groups excluding carboxylic acids is 1. The maximum atomic E-state index is 12.3. The molecule has 20 heavy (non-hydrogen) atoms. The summed E-state index contributed by atoms with van der Waals surface area (Å²) in [6.07, 6.45) is 4.76. The third-order valence-corrected chi connectivity index (χ3v) is 4.99. The van der Waals surface area contributed by atoms with E-state index in [9.17, 15) is 4.79 Å². The van der Waals surface area contributed by atoms with Gasteiger partial charge < -0.3 is 14.6 Å². The fraction of sp³-hybridized carbons (Fsp3) is 0.643. The molecule has 0 bridgehead atoms. The number of furan rings is 1. The normalized spacial score (nSPS) is 21.6. The summed E-state index contributed by atoms with van der Waals surface area (Å²) in [6, 6.07) is 3.51. The molecule has 1 amide bonds. The molecule has 0 aliphatic carbocycles. The molecule has 0 radical (unpaired) electrons. The van der Waals surface area contributed by atoms with Crippen LogP contribution in [-0.2, 0) is 0 Å². The predicted octanol–water partition coefficient (Wildman–Crippen LogP) is 3.07. The lowest BCUT2D eigenvalue weighted by Crippen LogP contribution is -2.47. The van der Waals surface area contributed by atoms with E-state index in [0.29, 0.717) is 15.8 Å². The lowest BCUT2D eigenvalue weighted by atomic mass is 9.71. The Bertz CT molecular complexity index is 461. The molecule has 6 heteroatoms. The van der Waals surface area contributed by atoms with Crippen LogP contribution in [0.2, 0.25) is 0 Å². The zero-order valence-electron chi connectivity index (χ0n) is 11.4. The van der Waals surface area contributed by atoms with Gasteiger partial charge in [-0.25, -0.2) is 0 Å². The highest BCUT2D eigenvalue weighted by Crippen LogP contribution is 2.39. The van der Waals surface area contributed by atoms with Gasteiger partial charge in [-0.1, -0.05) is 0 Å². The average Bonchev–Trinajstić information content (AvgIpc) is 2.87. The molecule has 4 nitrogen and oxygen atoms in total. The zero-order valence-corrected chi connectivity index (χ0v) is 13.8. The highest BCUT2D eigenvalue weighted by molar-refractivity contribution is 9.10. The molecule has 0 atom stereocenters. The Morgan fingerprint density at radius 1 is 1.20 bits per heavy atom. The predicted molar refractivity (Wildman–Crippen MR) is 83.3 cm³/mol. The third kappa shape index (κ3) is 3.21. The highest BCUT2D eigenvalue weighted by Gasteiger charge is 2.37. The van der Waals surface area contributed by atoms with Crippen LogP contribution in [0, 0.1) is 5.41 Å². The van der Waals surface area contributed by atoms with Crippen LogP contribution in [0.15, 0.2) is 21.2 Å². The van der Waals surface area contributed by atoms with E-state index in [2.05, 4.69) is 21.2 Å². The van der Waals surface area contributed by atoms with Crippen molar-refractivity contribution >= 4 is 34.2 Å². The van der Waals surface area contributed by atoms with Gasteiger partial charge in [-0.3, -0.25) is 4.79 Å². The number of rotatable bonds is 1. The van der Waals surface area contributed by atoms with Crippen molar-refractivity contribution in [2.45, 2.75) is 25.7 Å². The van der Waals surface area contributed by atoms with Crippen LogP contribution in [-0.4, -0.2) is 37.0 Å². The maximum Gasteiger partial charge on any atom is 0.289 e. The van der Waals surface area contributed by atoms with Gasteiger partial charge >= 0.3 is 0 Å². The number of halogens is 2. The van der Waals surface area contributed by atoms with Crippen molar-refractivity contribution in [3.05, 3.63) is 22.6 Å². The van der Waals surface area contributed by atoms with Crippen LogP contribution in [0.1, 0.15) is 36.2 Å². The van der Waals surface area contributed by atoms with Gasteiger partial charge in [0.2, 0.25) is 0 Å². The number of nitrogens with one attached hydrogen (secondary N) is 1. The Morgan fingerprint density at radius 3 is 2.40 bits per heavy atom. The maximum absolute atomic E-state index is 12.3. The molecule has 0 saturated carbocycles. The van der Waals surface area contributed by atoms with E-state index >= 15 is 0 Å². The lowest BCUT2D eigenvalue weighted by molar-refractivity contribution is 0.0468. The topological polar surface area (TPSA) is 45.5 Å². The molecular formula is C14H20BrClN2O2. The zero-order chi connectivity index (χ0) is 13.3. The van der Waals surface area contributed by atoms with Gasteiger partial charge in [0.15, 0.2) is 10.4 Å². The van der Waals surface area contributed by atoms with Gasteiger partial charge in [0, 0.05) is 13.1 Å². The second-order valence-corrected chi connectivity index (χ2v) is 6.43. The van der Waals surface area contributed by atoms with E-state index in [4.69, 9.17) is 4.42 Å². The number of amides is 1. The van der Waals surface area contributed by atoms with Gasteiger partial charge in [-0.15, -0.1) is 12.4 Å². The molecule has 1 aromatic rings. The number of hydrogen-bond acceptors (Lipinski definition) is 3. The summed E-state index contributed by atoms with van der Waals surface area (Å²) in [7, 11) is 0. The van der Waals surface area contributed by atoms with E-state index in [1.807, 2.05) is 4.90 Å². The molecule has 2 saturated heterocycles. The fourth-order valence-electron chi connectivity index (χ4n) is 3.23. The molecule has 2 fully saturated rings. The third-order valence-electron chi connectivity index (χ3n) is 4.56. The second-order valence-electron chi connectivity index (χ2n) is 5.65. The van der Waals surface area contributed by atoms with Crippen molar-refractivity contribution in [1.82, 2.24) is 10.2 Å². The molecule has 2 aliphatic rings. The number of piperidine rings is 2. The van der Waals surface area contributed by atoms with E-state index < -0.39 is 0 Å². The Morgan fingerprint density at radius 2 is 1.85 bits per heavy atom. The van der Waals surface area contributed by atoms with Gasteiger partial charge in [-0.05, 0) is 72.3 Å². The first-order valence-electron chi connectivity index (χ1n) is 6.94. The molecule has 3 heterocycles. The fourth-order valence-corrected chi connectivity index (χ4v) is 3.53. The summed E-state index contributed by atoms with van der Waals surface area (Å²) in [5.74, 6) is 0.461. The number of likely N-dealkylation sites (tertiary alicyclic amines) is 1. The molecule has 0 aromatic carbocycles. The van der Waals surface area contributed by atoms with Crippen molar-refractivity contribution in [2.24, 2.45) is 5.41 Å². The minimum Gasteiger partial charge on any atom is -0.444 e. The molecule has 1 aromatic heterocycles. The first kappa shape index (κ1) is 15.9. The van der Waals surface area contributed by atoms with Gasteiger partial charge in [-0.2, -0.15) is 0 Å². The van der Waals surface area contributed by atoms with Crippen molar-refractivity contribution in [2.75, 3.05) is 26.2 Å². The molecule has 1 N–H and O–H groups in total. The molecule has 0 unspecified atom stereocenters. The van der Waals surface area contributed by atoms with Crippen LogP contribution < -0.4 is 5.32 Å². The van der Waals surface area contributed by atoms with E-state index in [0.717, 1.165) is 39.0 Å². The largest absolute Gasteiger partial charge is 0.444 e. The van der Waals surface area contributed by atoms with Crippen LogP contribution in [0.5, 0.6) is 0 Å². The number of hydrogen-bond donors (Lipinski definition) is 1. The highest BCUT2D eigenvalue weighted by atomic mass is 79.9. The molecule has 1 spiro atoms. The minimum atomic E-state index is 0. The Hall–Kier alpha value is -0.520. The van der Waals surface area contributed by atoms with E-state index in [-0.39, 0.29) is 18.3 Å². The van der Waals surface area contributed by atoms with E-state index in [1.54, 1.807) is 12.1 Å². The van der Waals surface area contributed by atoms with E-state index in [1.165, 1.54) is 12.8 Å². The summed E-state index contributed by atoms with van der Waals surface area (Å²) in [5, 5.41) is 3.42. The van der Waals surface area contributed by atoms with Gasteiger partial charge in [0.05, 0.1) is 0 Å². The SMILES string of the molecule is Cl.O=C(c1ccc(Br)o1)N1CCC2(CCNCC2)CC1. The molecular weight excluding hydrogens is 344 g/mol. The van der Waals surface area contributed by atoms with Crippen LogP contribution >= 0.6 is 28.3 Å². The van der Waals surface area contributed by atoms with Crippen molar-refractivity contribution in [3.8, 4) is 0 Å². The molecule has 3 rings (SSSR count). The van der Waals surface area contributed by atoms with Crippen LogP contribution in [0.25, 0.3) is 0 Å². The number of carbonyl (C=O) groups is 1.